The molecule has 5 aliphatic rings. The maximum Gasteiger partial charge on any atom is 0.335 e. The van der Waals surface area contributed by atoms with Crippen molar-refractivity contribution in [1.29, 1.82) is 0 Å². The molecule has 10 nitrogen and oxygen atoms in total. The molecule has 0 atom stereocenters. The number of rotatable bonds is 10. The lowest BCUT2D eigenvalue weighted by atomic mass is 9.87. The number of hydrogen-bond acceptors (Lipinski definition) is 8. The predicted octanol–water partition coefficient (Wildman–Crippen LogP) is 18.1. The predicted molar refractivity (Wildman–Crippen MR) is 351 cm³/mol. The number of imide groups is 2. The first kappa shape index (κ1) is 54.3. The number of benzene rings is 10. The van der Waals surface area contributed by atoms with Crippen LogP contribution >= 0.6 is 0 Å². The van der Waals surface area contributed by atoms with Crippen LogP contribution in [0.2, 0.25) is 0 Å². The number of carbonyl (C=O) groups excluding carboxylic acids is 6. The van der Waals surface area contributed by atoms with E-state index in [2.05, 4.69) is 73.8 Å². The third kappa shape index (κ3) is 7.86. The summed E-state index contributed by atoms with van der Waals surface area (Å²) in [5.41, 5.74) is 18.8. The SMILES string of the molecule is C=CC(=O)Oc1cc(C(C)C)c(N2C(=O)c3ccc4c5c(ccc(c35)C2=O)-c2cc3cc5c(cc3cc2-4)/C=C\c2cc3cc4c(cc3cc2CC5)-c2ccc3c5c(ccc-4c25)C(=O)N(c2c(C(C)C)cc(OC(=O)C=C)cc2C(C)C)C3=O)c(C(C)C)c1. The summed E-state index contributed by atoms with van der Waals surface area (Å²) in [4.78, 5) is 87.3. The van der Waals surface area contributed by atoms with Gasteiger partial charge in [-0.1, -0.05) is 117 Å². The number of aryl methyl sites for hydroxylation is 2. The first-order valence-corrected chi connectivity index (χ1v) is 30.2. The maximum absolute atomic E-state index is 15.0. The molecule has 0 fully saturated rings. The zero-order valence-corrected chi connectivity index (χ0v) is 50.2. The van der Waals surface area contributed by atoms with Crippen molar-refractivity contribution in [3.63, 3.8) is 0 Å². The zero-order chi connectivity index (χ0) is 61.2. The molecule has 10 aromatic rings. The van der Waals surface area contributed by atoms with Gasteiger partial charge in [-0.2, -0.15) is 0 Å². The largest absolute Gasteiger partial charge is 0.423 e. The van der Waals surface area contributed by atoms with Gasteiger partial charge in [0.15, 0.2) is 0 Å². The number of hydrogen-bond donors (Lipinski definition) is 0. The molecule has 10 heteroatoms. The molecule has 0 aromatic heterocycles. The molecule has 430 valence electrons. The number of anilines is 2. The molecule has 0 radical (unpaired) electrons. The Hall–Kier alpha value is -10.3. The van der Waals surface area contributed by atoms with E-state index in [-0.39, 0.29) is 47.3 Å². The highest BCUT2D eigenvalue weighted by atomic mass is 16.5. The molecule has 0 spiro atoms. The highest BCUT2D eigenvalue weighted by Crippen LogP contribution is 2.55. The van der Waals surface area contributed by atoms with Gasteiger partial charge >= 0.3 is 11.9 Å². The van der Waals surface area contributed by atoms with Crippen LogP contribution < -0.4 is 19.3 Å². The molecule has 0 saturated heterocycles. The van der Waals surface area contributed by atoms with Gasteiger partial charge in [0.05, 0.1) is 11.4 Å². The second-order valence-corrected chi connectivity index (χ2v) is 25.2. The third-order valence-corrected chi connectivity index (χ3v) is 18.8. The molecule has 2 heterocycles. The van der Waals surface area contributed by atoms with Crippen molar-refractivity contribution in [2.45, 2.75) is 91.9 Å². The second-order valence-electron chi connectivity index (χ2n) is 25.2. The quantitative estimate of drug-likeness (QED) is 0.0573. The number of ether oxygens (including phenoxy) is 2. The van der Waals surface area contributed by atoms with E-state index < -0.39 is 11.9 Å². The van der Waals surface area contributed by atoms with E-state index in [4.69, 9.17) is 9.47 Å². The molecule has 0 N–H and O–H groups in total. The minimum atomic E-state index is -0.589. The van der Waals surface area contributed by atoms with Crippen molar-refractivity contribution in [3.8, 4) is 56.0 Å². The summed E-state index contributed by atoms with van der Waals surface area (Å²) in [6.07, 6.45) is 8.32. The number of nitrogens with zero attached hydrogens (tertiary/aromatic N) is 2. The molecule has 10 aromatic carbocycles. The van der Waals surface area contributed by atoms with Gasteiger partial charge in [-0.05, 0) is 243 Å². The van der Waals surface area contributed by atoms with E-state index in [0.717, 1.165) is 135 Å². The summed E-state index contributed by atoms with van der Waals surface area (Å²) < 4.78 is 11.2. The van der Waals surface area contributed by atoms with E-state index in [0.29, 0.717) is 55.9 Å². The van der Waals surface area contributed by atoms with Gasteiger partial charge in [0, 0.05) is 45.2 Å². The van der Waals surface area contributed by atoms with Crippen molar-refractivity contribution in [1.82, 2.24) is 0 Å². The Balaban J connectivity index is 0.757. The van der Waals surface area contributed by atoms with Crippen molar-refractivity contribution in [2.24, 2.45) is 0 Å². The maximum atomic E-state index is 15.0. The summed E-state index contributed by atoms with van der Waals surface area (Å²) >= 11 is 0. The lowest BCUT2D eigenvalue weighted by molar-refractivity contribution is -0.129. The van der Waals surface area contributed by atoms with Gasteiger partial charge in [-0.3, -0.25) is 19.2 Å². The highest BCUT2D eigenvalue weighted by molar-refractivity contribution is 6.40. The van der Waals surface area contributed by atoms with Gasteiger partial charge in [-0.25, -0.2) is 19.4 Å². The first-order chi connectivity index (χ1) is 42.3. The Morgan fingerprint density at radius 1 is 0.375 bits per heavy atom. The van der Waals surface area contributed by atoms with E-state index in [9.17, 15) is 28.8 Å². The van der Waals surface area contributed by atoms with Crippen molar-refractivity contribution in [3.05, 3.63) is 213 Å². The van der Waals surface area contributed by atoms with Gasteiger partial charge in [0.25, 0.3) is 23.6 Å². The Labute approximate surface area is 509 Å². The second kappa shape index (κ2) is 19.6. The highest BCUT2D eigenvalue weighted by Gasteiger charge is 2.42. The van der Waals surface area contributed by atoms with Crippen LogP contribution in [0, 0.1) is 0 Å². The molecular weight excluding hydrogens is 1090 g/mol. The average Bonchev–Trinajstić information content (AvgIpc) is 1.46. The summed E-state index contributed by atoms with van der Waals surface area (Å²) in [7, 11) is 0. The van der Waals surface area contributed by atoms with Gasteiger partial charge in [0.1, 0.15) is 11.5 Å². The van der Waals surface area contributed by atoms with Gasteiger partial charge in [-0.15, -0.1) is 0 Å². The van der Waals surface area contributed by atoms with Crippen LogP contribution in [-0.2, 0) is 22.4 Å². The molecule has 0 bridgehead atoms. The van der Waals surface area contributed by atoms with Crippen LogP contribution in [-0.4, -0.2) is 35.6 Å². The summed E-state index contributed by atoms with van der Waals surface area (Å²) in [5, 5.41) is 7.56. The summed E-state index contributed by atoms with van der Waals surface area (Å²) in [6, 6.07) is 40.9. The van der Waals surface area contributed by atoms with Crippen LogP contribution in [0.5, 0.6) is 11.5 Å². The number of esters is 2. The number of carbonyl (C=O) groups is 6. The van der Waals surface area contributed by atoms with Crippen molar-refractivity contribution in [2.75, 3.05) is 9.80 Å². The van der Waals surface area contributed by atoms with E-state index in [1.807, 2.05) is 104 Å². The summed E-state index contributed by atoms with van der Waals surface area (Å²) in [5.74, 6) is -2.52. The fraction of sp³-hybridized carbons (Fsp3) is 0.179. The smallest absolute Gasteiger partial charge is 0.335 e. The monoisotopic (exact) mass is 1150 g/mol. The van der Waals surface area contributed by atoms with Crippen molar-refractivity contribution >= 4 is 102 Å². The average molecular weight is 1150 g/mol. The minimum Gasteiger partial charge on any atom is -0.423 e. The van der Waals surface area contributed by atoms with E-state index in [1.165, 1.54) is 20.9 Å². The molecule has 0 unspecified atom stereocenters. The molecule has 4 amide bonds. The standard InChI is InChI=1S/C78H60N2O8/c1-11-67(81)87-49-33-59(37(3)4)73(60(34-49)38(5)6)79-75(83)55-21-17-51-63-29-45-25-41-13-15-43-27-47-31-65-53-19-23-57-72-58(78(86)80(77(57)85)74-61(39(7)8)35-50(88-68(82)12-2)36-62(74)40(9)10)24-20-54(70(53)72)66(65)32-48(47)28-44(43)16-14-42(41)26-46(45)30-64(63)52-18-22-56(76(79)84)71(55)69(51)52/h11-13,15,17-40H,1-2,14,16H2,3-10H3/b15-13-. The fourth-order valence-corrected chi connectivity index (χ4v) is 14.6. The zero-order valence-electron chi connectivity index (χ0n) is 50.2. The van der Waals surface area contributed by atoms with Gasteiger partial charge in [0.2, 0.25) is 0 Å². The van der Waals surface area contributed by atoms with Crippen molar-refractivity contribution < 1.29 is 38.2 Å². The topological polar surface area (TPSA) is 127 Å². The molecule has 3 aliphatic carbocycles. The third-order valence-electron chi connectivity index (χ3n) is 18.8. The first-order valence-electron chi connectivity index (χ1n) is 30.2. The van der Waals surface area contributed by atoms with Crippen LogP contribution in [0.15, 0.2) is 147 Å². The van der Waals surface area contributed by atoms with Crippen LogP contribution in [0.1, 0.15) is 165 Å². The summed E-state index contributed by atoms with van der Waals surface area (Å²) in [6.45, 7) is 23.1. The minimum absolute atomic E-state index is 0.116. The normalized spacial score (nSPS) is 14.5. The lowest BCUT2D eigenvalue weighted by Crippen LogP contribution is -2.41. The molecule has 2 aliphatic heterocycles. The van der Waals surface area contributed by atoms with E-state index in [1.54, 1.807) is 24.3 Å². The Kier molecular flexibility index (Phi) is 12.1. The Bertz CT molecular complexity index is 4630. The van der Waals surface area contributed by atoms with Gasteiger partial charge < -0.3 is 9.47 Å². The number of fused-ring (bicyclic) bond motifs is 10. The van der Waals surface area contributed by atoms with Crippen LogP contribution in [0.3, 0.4) is 0 Å². The Morgan fingerprint density at radius 3 is 0.909 bits per heavy atom. The molecule has 15 rings (SSSR count). The Morgan fingerprint density at radius 2 is 0.636 bits per heavy atom. The molecular formula is C78H60N2O8. The van der Waals surface area contributed by atoms with Crippen LogP contribution in [0.25, 0.3) is 99.7 Å². The van der Waals surface area contributed by atoms with Crippen LogP contribution in [0.4, 0.5) is 11.4 Å². The molecule has 0 saturated carbocycles. The molecule has 88 heavy (non-hydrogen) atoms. The number of amides is 4. The lowest BCUT2D eigenvalue weighted by Gasteiger charge is -2.32. The fourth-order valence-electron chi connectivity index (χ4n) is 14.6. The van der Waals surface area contributed by atoms with E-state index >= 15 is 0 Å².